The van der Waals surface area contributed by atoms with Crippen LogP contribution in [0.5, 0.6) is 0 Å². The van der Waals surface area contributed by atoms with E-state index >= 15 is 0 Å². The van der Waals surface area contributed by atoms with Crippen LogP contribution in [0.4, 0.5) is 0 Å². The maximum absolute atomic E-state index is 9.59. The second-order valence-electron chi connectivity index (χ2n) is 4.26. The monoisotopic (exact) mass is 233 g/mol. The van der Waals surface area contributed by atoms with Crippen molar-refractivity contribution >= 4 is 0 Å². The fraction of sp³-hybridized carbons (Fsp3) is 1.00. The van der Waals surface area contributed by atoms with Crippen LogP contribution in [-0.2, 0) is 4.74 Å². The molecule has 16 heavy (non-hydrogen) atoms. The Morgan fingerprint density at radius 1 is 1.31 bits per heavy atom. The molecule has 2 unspecified atom stereocenters. The third-order valence-corrected chi connectivity index (χ3v) is 2.45. The van der Waals surface area contributed by atoms with Crippen molar-refractivity contribution in [3.8, 4) is 0 Å². The number of rotatable bonds is 11. The number of hydrogen-bond donors (Lipinski definition) is 3. The Morgan fingerprint density at radius 3 is 2.69 bits per heavy atom. The van der Waals surface area contributed by atoms with Crippen LogP contribution in [0, 0.1) is 0 Å². The summed E-state index contributed by atoms with van der Waals surface area (Å²) >= 11 is 0. The lowest BCUT2D eigenvalue weighted by molar-refractivity contribution is 0.0346. The van der Waals surface area contributed by atoms with E-state index in [2.05, 4.69) is 19.2 Å². The van der Waals surface area contributed by atoms with Crippen molar-refractivity contribution in [1.29, 1.82) is 0 Å². The van der Waals surface area contributed by atoms with Gasteiger partial charge in [-0.15, -0.1) is 0 Å². The minimum absolute atomic E-state index is 0.231. The number of aliphatic hydroxyl groups excluding tert-OH is 2. The summed E-state index contributed by atoms with van der Waals surface area (Å²) in [5.74, 6) is 0. The third-order valence-electron chi connectivity index (χ3n) is 2.45. The van der Waals surface area contributed by atoms with Gasteiger partial charge in [-0.1, -0.05) is 13.3 Å². The molecule has 0 aliphatic carbocycles. The molecule has 2 atom stereocenters. The summed E-state index contributed by atoms with van der Waals surface area (Å²) in [4.78, 5) is 0. The van der Waals surface area contributed by atoms with E-state index in [-0.39, 0.29) is 6.61 Å². The van der Waals surface area contributed by atoms with Crippen molar-refractivity contribution in [2.45, 2.75) is 51.7 Å². The SMILES string of the molecule is CCCCOCC(O)CNC(C)CCCO. The predicted molar refractivity (Wildman–Crippen MR) is 65.5 cm³/mol. The Balaban J connectivity index is 3.31. The van der Waals surface area contributed by atoms with Gasteiger partial charge in [0.25, 0.3) is 0 Å². The van der Waals surface area contributed by atoms with Crippen molar-refractivity contribution in [3.05, 3.63) is 0 Å². The number of hydrogen-bond acceptors (Lipinski definition) is 4. The summed E-state index contributed by atoms with van der Waals surface area (Å²) in [5.41, 5.74) is 0. The van der Waals surface area contributed by atoms with E-state index < -0.39 is 6.10 Å². The summed E-state index contributed by atoms with van der Waals surface area (Å²) in [7, 11) is 0. The fourth-order valence-corrected chi connectivity index (χ4v) is 1.36. The molecule has 0 aromatic carbocycles. The average molecular weight is 233 g/mol. The molecule has 0 aromatic rings. The molecule has 4 nitrogen and oxygen atoms in total. The molecule has 0 bridgehead atoms. The highest BCUT2D eigenvalue weighted by Gasteiger charge is 2.06. The zero-order valence-electron chi connectivity index (χ0n) is 10.6. The molecule has 0 aromatic heterocycles. The van der Waals surface area contributed by atoms with Crippen LogP contribution >= 0.6 is 0 Å². The molecule has 0 aliphatic heterocycles. The first-order valence-electron chi connectivity index (χ1n) is 6.30. The van der Waals surface area contributed by atoms with Crippen LogP contribution in [0.2, 0.25) is 0 Å². The highest BCUT2D eigenvalue weighted by Crippen LogP contribution is 1.96. The van der Waals surface area contributed by atoms with Gasteiger partial charge in [0.15, 0.2) is 0 Å². The topological polar surface area (TPSA) is 61.7 Å². The number of unbranched alkanes of at least 4 members (excludes halogenated alkanes) is 1. The van der Waals surface area contributed by atoms with Crippen LogP contribution in [0.15, 0.2) is 0 Å². The molecule has 98 valence electrons. The number of aliphatic hydroxyl groups is 2. The molecule has 0 saturated carbocycles. The van der Waals surface area contributed by atoms with Crippen molar-refractivity contribution in [2.75, 3.05) is 26.4 Å². The smallest absolute Gasteiger partial charge is 0.0897 e. The summed E-state index contributed by atoms with van der Waals surface area (Å²) in [6.45, 7) is 6.09. The molecule has 0 rings (SSSR count). The highest BCUT2D eigenvalue weighted by molar-refractivity contribution is 4.64. The molecular formula is C12H27NO3. The van der Waals surface area contributed by atoms with Crippen molar-refractivity contribution in [3.63, 3.8) is 0 Å². The molecule has 0 spiro atoms. The minimum Gasteiger partial charge on any atom is -0.396 e. The summed E-state index contributed by atoms with van der Waals surface area (Å²) in [6, 6.07) is 0.331. The Bertz CT molecular complexity index is 144. The fourth-order valence-electron chi connectivity index (χ4n) is 1.36. The maximum Gasteiger partial charge on any atom is 0.0897 e. The van der Waals surface area contributed by atoms with Crippen LogP contribution in [0.1, 0.15) is 39.5 Å². The van der Waals surface area contributed by atoms with Crippen molar-refractivity contribution in [2.24, 2.45) is 0 Å². The van der Waals surface area contributed by atoms with E-state index in [1.54, 1.807) is 0 Å². The Morgan fingerprint density at radius 2 is 2.06 bits per heavy atom. The number of nitrogens with one attached hydrogen (secondary N) is 1. The van der Waals surface area contributed by atoms with Gasteiger partial charge < -0.3 is 20.3 Å². The third kappa shape index (κ3) is 10.4. The largest absolute Gasteiger partial charge is 0.396 e. The molecular weight excluding hydrogens is 206 g/mol. The van der Waals surface area contributed by atoms with Crippen LogP contribution in [0.25, 0.3) is 0 Å². The summed E-state index contributed by atoms with van der Waals surface area (Å²) in [6.07, 6.45) is 3.46. The summed E-state index contributed by atoms with van der Waals surface area (Å²) in [5, 5.41) is 21.5. The van der Waals surface area contributed by atoms with Gasteiger partial charge in [0.2, 0.25) is 0 Å². The maximum atomic E-state index is 9.59. The number of ether oxygens (including phenoxy) is 1. The van der Waals surface area contributed by atoms with Gasteiger partial charge in [-0.2, -0.15) is 0 Å². The van der Waals surface area contributed by atoms with E-state index in [0.717, 1.165) is 32.3 Å². The van der Waals surface area contributed by atoms with Gasteiger partial charge in [-0.25, -0.2) is 0 Å². The molecule has 0 amide bonds. The molecule has 3 N–H and O–H groups in total. The Hall–Kier alpha value is -0.160. The quantitative estimate of drug-likeness (QED) is 0.464. The van der Waals surface area contributed by atoms with Crippen LogP contribution < -0.4 is 5.32 Å². The van der Waals surface area contributed by atoms with Gasteiger partial charge in [0.1, 0.15) is 0 Å². The summed E-state index contributed by atoms with van der Waals surface area (Å²) < 4.78 is 5.32. The first-order chi connectivity index (χ1) is 7.70. The van der Waals surface area contributed by atoms with Gasteiger partial charge in [0, 0.05) is 25.8 Å². The molecule has 0 heterocycles. The lowest BCUT2D eigenvalue weighted by atomic mass is 10.2. The zero-order valence-corrected chi connectivity index (χ0v) is 10.6. The normalized spacial score (nSPS) is 15.0. The van der Waals surface area contributed by atoms with Crippen LogP contribution in [-0.4, -0.2) is 48.7 Å². The standard InChI is InChI=1S/C12H27NO3/c1-3-4-8-16-10-12(15)9-13-11(2)6-5-7-14/h11-15H,3-10H2,1-2H3. The second-order valence-corrected chi connectivity index (χ2v) is 4.26. The van der Waals surface area contributed by atoms with Gasteiger partial charge >= 0.3 is 0 Å². The van der Waals surface area contributed by atoms with E-state index in [0.29, 0.717) is 19.2 Å². The Kier molecular flexibility index (Phi) is 11.2. The lowest BCUT2D eigenvalue weighted by Gasteiger charge is -2.16. The first kappa shape index (κ1) is 15.8. The highest BCUT2D eigenvalue weighted by atomic mass is 16.5. The molecule has 0 radical (unpaired) electrons. The molecule has 0 aliphatic rings. The predicted octanol–water partition coefficient (Wildman–Crippen LogP) is 0.915. The van der Waals surface area contributed by atoms with Gasteiger partial charge in [-0.05, 0) is 26.2 Å². The van der Waals surface area contributed by atoms with Crippen LogP contribution in [0.3, 0.4) is 0 Å². The van der Waals surface area contributed by atoms with E-state index in [9.17, 15) is 5.11 Å². The Labute approximate surface area is 99.0 Å². The van der Waals surface area contributed by atoms with Crippen molar-refractivity contribution < 1.29 is 14.9 Å². The lowest BCUT2D eigenvalue weighted by Crippen LogP contribution is -2.36. The molecule has 4 heteroatoms. The van der Waals surface area contributed by atoms with E-state index in [1.165, 1.54) is 0 Å². The minimum atomic E-state index is -0.437. The van der Waals surface area contributed by atoms with Gasteiger partial charge in [-0.3, -0.25) is 0 Å². The first-order valence-corrected chi connectivity index (χ1v) is 6.30. The van der Waals surface area contributed by atoms with E-state index in [4.69, 9.17) is 9.84 Å². The average Bonchev–Trinajstić information content (AvgIpc) is 2.29. The van der Waals surface area contributed by atoms with Gasteiger partial charge in [0.05, 0.1) is 12.7 Å². The molecule has 0 fully saturated rings. The van der Waals surface area contributed by atoms with Crippen molar-refractivity contribution in [1.82, 2.24) is 5.32 Å². The second kappa shape index (κ2) is 11.3. The molecule has 0 saturated heterocycles. The van der Waals surface area contributed by atoms with E-state index in [1.807, 2.05) is 0 Å². The zero-order chi connectivity index (χ0) is 12.2.